The van der Waals surface area contributed by atoms with E-state index in [1.807, 2.05) is 18.2 Å². The van der Waals surface area contributed by atoms with Crippen molar-refractivity contribution in [3.05, 3.63) is 30.3 Å². The lowest BCUT2D eigenvalue weighted by atomic mass is 9.75. The van der Waals surface area contributed by atoms with Gasteiger partial charge in [-0.1, -0.05) is 64.4 Å². The predicted octanol–water partition coefficient (Wildman–Crippen LogP) is 5.29. The molecular formula is C19H29O3P. The molecule has 1 aliphatic carbocycles. The predicted molar refractivity (Wildman–Crippen MR) is 95.8 cm³/mol. The zero-order valence-corrected chi connectivity index (χ0v) is 15.6. The van der Waals surface area contributed by atoms with Crippen molar-refractivity contribution in [3.63, 3.8) is 0 Å². The van der Waals surface area contributed by atoms with E-state index in [0.717, 1.165) is 12.8 Å². The Kier molecular flexibility index (Phi) is 6.08. The minimum absolute atomic E-state index is 0.102. The highest BCUT2D eigenvalue weighted by atomic mass is 31.2. The Morgan fingerprint density at radius 3 is 2.48 bits per heavy atom. The summed E-state index contributed by atoms with van der Waals surface area (Å²) in [7, 11) is -3.15. The summed E-state index contributed by atoms with van der Waals surface area (Å²) >= 11 is 0. The molecule has 4 atom stereocenters. The largest absolute Gasteiger partial charge is 0.456 e. The minimum Gasteiger partial charge on any atom is -0.456 e. The Balaban J connectivity index is 2.19. The molecule has 0 saturated heterocycles. The third-order valence-electron chi connectivity index (χ3n) is 5.13. The van der Waals surface area contributed by atoms with Gasteiger partial charge < -0.3 is 9.30 Å². The van der Waals surface area contributed by atoms with Gasteiger partial charge in [0.2, 0.25) is 7.14 Å². The van der Waals surface area contributed by atoms with Gasteiger partial charge in [-0.2, -0.15) is 0 Å². The fourth-order valence-electron chi connectivity index (χ4n) is 3.55. The van der Waals surface area contributed by atoms with Crippen LogP contribution in [-0.2, 0) is 9.30 Å². The Bertz CT molecular complexity index is 567. The first-order valence-electron chi connectivity index (χ1n) is 8.74. The van der Waals surface area contributed by atoms with E-state index in [-0.39, 0.29) is 6.10 Å². The maximum absolute atomic E-state index is 13.2. The summed E-state index contributed by atoms with van der Waals surface area (Å²) < 4.78 is 19.1. The number of rotatable bonds is 5. The molecule has 0 radical (unpaired) electrons. The SMILES string of the molecule is CCP(=O)(C(=O)O[C@@H]1C[C@H](C)CC[C@H]1C(C)C)c1ccccc1. The molecule has 0 aromatic heterocycles. The molecule has 128 valence electrons. The average Bonchev–Trinajstić information content (AvgIpc) is 2.54. The smallest absolute Gasteiger partial charge is 0.368 e. The van der Waals surface area contributed by atoms with Crippen LogP contribution in [0.15, 0.2) is 30.3 Å². The molecule has 1 unspecified atom stereocenters. The number of hydrogen-bond acceptors (Lipinski definition) is 3. The lowest BCUT2D eigenvalue weighted by Crippen LogP contribution is -2.36. The second kappa shape index (κ2) is 7.66. The first-order chi connectivity index (χ1) is 10.9. The molecule has 4 heteroatoms. The number of carbonyl (C=O) groups excluding carboxylic acids is 1. The molecule has 0 spiro atoms. The van der Waals surface area contributed by atoms with Gasteiger partial charge in [-0.15, -0.1) is 0 Å². The fourth-order valence-corrected chi connectivity index (χ4v) is 5.34. The summed E-state index contributed by atoms with van der Waals surface area (Å²) in [5.74, 6) is 1.40. The highest BCUT2D eigenvalue weighted by molar-refractivity contribution is 7.86. The summed E-state index contributed by atoms with van der Waals surface area (Å²) in [5, 5.41) is 0.609. The maximum Gasteiger partial charge on any atom is 0.368 e. The third kappa shape index (κ3) is 4.07. The minimum atomic E-state index is -3.15. The summed E-state index contributed by atoms with van der Waals surface area (Å²) in [4.78, 5) is 12.8. The zero-order valence-electron chi connectivity index (χ0n) is 14.7. The van der Waals surface area contributed by atoms with Crippen LogP contribution in [0.25, 0.3) is 0 Å². The molecular weight excluding hydrogens is 307 g/mol. The van der Waals surface area contributed by atoms with Crippen molar-refractivity contribution in [2.45, 2.75) is 53.1 Å². The number of benzene rings is 1. The first-order valence-corrected chi connectivity index (χ1v) is 10.6. The van der Waals surface area contributed by atoms with Gasteiger partial charge in [0, 0.05) is 11.5 Å². The summed E-state index contributed by atoms with van der Waals surface area (Å²) in [6, 6.07) is 9.06. The third-order valence-corrected chi connectivity index (χ3v) is 7.85. The molecule has 3 nitrogen and oxygen atoms in total. The molecule has 0 bridgehead atoms. The van der Waals surface area contributed by atoms with Gasteiger partial charge in [0.25, 0.3) is 0 Å². The quantitative estimate of drug-likeness (QED) is 0.686. The van der Waals surface area contributed by atoms with Gasteiger partial charge in [0.05, 0.1) is 0 Å². The molecule has 0 heterocycles. The van der Waals surface area contributed by atoms with Crippen LogP contribution in [0.2, 0.25) is 0 Å². The van der Waals surface area contributed by atoms with Gasteiger partial charge in [-0.3, -0.25) is 0 Å². The van der Waals surface area contributed by atoms with Crippen molar-refractivity contribution >= 4 is 18.2 Å². The van der Waals surface area contributed by atoms with E-state index in [1.165, 1.54) is 6.42 Å². The van der Waals surface area contributed by atoms with Crippen LogP contribution in [0, 0.1) is 17.8 Å². The van der Waals surface area contributed by atoms with Gasteiger partial charge in [-0.25, -0.2) is 4.79 Å². The van der Waals surface area contributed by atoms with Crippen LogP contribution < -0.4 is 5.30 Å². The van der Waals surface area contributed by atoms with E-state index in [1.54, 1.807) is 19.1 Å². The number of hydrogen-bond donors (Lipinski definition) is 0. The van der Waals surface area contributed by atoms with Crippen LogP contribution in [0.5, 0.6) is 0 Å². The highest BCUT2D eigenvalue weighted by Gasteiger charge is 2.39. The van der Waals surface area contributed by atoms with E-state index < -0.39 is 12.9 Å². The Hall–Kier alpha value is -1.08. The second-order valence-electron chi connectivity index (χ2n) is 7.14. The molecule has 1 aromatic carbocycles. The van der Waals surface area contributed by atoms with Crippen LogP contribution in [0.3, 0.4) is 0 Å². The molecule has 0 aliphatic heterocycles. The lowest BCUT2D eigenvalue weighted by molar-refractivity contribution is 0.0175. The normalized spacial score (nSPS) is 27.4. The van der Waals surface area contributed by atoms with Crippen molar-refractivity contribution < 1.29 is 14.1 Å². The summed E-state index contributed by atoms with van der Waals surface area (Å²) in [6.45, 7) is 8.36. The Labute approximate surface area is 140 Å². The van der Waals surface area contributed by atoms with E-state index >= 15 is 0 Å². The van der Waals surface area contributed by atoms with E-state index in [2.05, 4.69) is 20.8 Å². The summed E-state index contributed by atoms with van der Waals surface area (Å²) in [6.07, 6.45) is 3.35. The standard InChI is InChI=1S/C19H29O3P/c1-5-23(21,16-9-7-6-8-10-16)19(20)22-18-13-15(4)11-12-17(18)14(2)3/h6-10,14-15,17-18H,5,11-13H2,1-4H3/t15-,17+,18-,23?/m1/s1. The molecule has 1 aromatic rings. The average molecular weight is 336 g/mol. The lowest BCUT2D eigenvalue weighted by Gasteiger charge is -2.37. The van der Waals surface area contributed by atoms with Crippen LogP contribution in [0.1, 0.15) is 47.0 Å². The van der Waals surface area contributed by atoms with Crippen molar-refractivity contribution in [3.8, 4) is 0 Å². The molecule has 23 heavy (non-hydrogen) atoms. The molecule has 0 N–H and O–H groups in total. The van der Waals surface area contributed by atoms with E-state index in [9.17, 15) is 9.36 Å². The molecule has 1 fully saturated rings. The van der Waals surface area contributed by atoms with E-state index in [0.29, 0.717) is 29.2 Å². The zero-order chi connectivity index (χ0) is 17.0. The Morgan fingerprint density at radius 2 is 1.91 bits per heavy atom. The highest BCUT2D eigenvalue weighted by Crippen LogP contribution is 2.48. The second-order valence-corrected chi connectivity index (χ2v) is 10.1. The van der Waals surface area contributed by atoms with Crippen LogP contribution in [-0.4, -0.2) is 18.0 Å². The Morgan fingerprint density at radius 1 is 1.26 bits per heavy atom. The fraction of sp³-hybridized carbons (Fsp3) is 0.632. The topological polar surface area (TPSA) is 43.4 Å². The maximum atomic E-state index is 13.2. The van der Waals surface area contributed by atoms with Crippen molar-refractivity contribution in [1.29, 1.82) is 0 Å². The molecule has 1 saturated carbocycles. The molecule has 0 amide bonds. The number of carbonyl (C=O) groups is 1. The van der Waals surface area contributed by atoms with Gasteiger partial charge in [0.1, 0.15) is 6.10 Å². The molecule has 1 aliphatic rings. The van der Waals surface area contributed by atoms with Gasteiger partial charge in [-0.05, 0) is 30.6 Å². The molecule has 2 rings (SSSR count). The monoisotopic (exact) mass is 336 g/mol. The van der Waals surface area contributed by atoms with Crippen molar-refractivity contribution in [1.82, 2.24) is 0 Å². The number of ether oxygens (including phenoxy) is 1. The van der Waals surface area contributed by atoms with Crippen molar-refractivity contribution in [2.24, 2.45) is 17.8 Å². The van der Waals surface area contributed by atoms with Crippen LogP contribution >= 0.6 is 7.14 Å². The van der Waals surface area contributed by atoms with Crippen molar-refractivity contribution in [2.75, 3.05) is 6.16 Å². The van der Waals surface area contributed by atoms with Gasteiger partial charge >= 0.3 is 5.71 Å². The summed E-state index contributed by atoms with van der Waals surface area (Å²) in [5.41, 5.74) is -0.504. The van der Waals surface area contributed by atoms with Gasteiger partial charge in [0.15, 0.2) is 0 Å². The van der Waals surface area contributed by atoms with E-state index in [4.69, 9.17) is 4.74 Å². The van der Waals surface area contributed by atoms with Crippen LogP contribution in [0.4, 0.5) is 4.79 Å². The first kappa shape index (κ1) is 18.3.